The van der Waals surface area contributed by atoms with Crippen LogP contribution in [-0.4, -0.2) is 21.2 Å². The van der Waals surface area contributed by atoms with Gasteiger partial charge in [-0.1, -0.05) is 35.5 Å². The molecule has 1 N–H and O–H groups in total. The normalized spacial score (nSPS) is 11.1. The average Bonchev–Trinajstić information content (AvgIpc) is 3.24. The van der Waals surface area contributed by atoms with Gasteiger partial charge in [-0.15, -0.1) is 0 Å². The summed E-state index contributed by atoms with van der Waals surface area (Å²) in [5.41, 5.74) is 3.10. The van der Waals surface area contributed by atoms with E-state index in [0.29, 0.717) is 26.8 Å². The largest absolute Gasteiger partial charge is 0.467 e. The molecule has 0 aliphatic rings. The SMILES string of the molecule is Cc1ccc(C)c(NC(=O)CSc2nc3cc(Cl)ccc3c(=O)n2Cc2ccco2)c1. The molecule has 2 aromatic heterocycles. The number of amides is 1. The van der Waals surface area contributed by atoms with Crippen LogP contribution in [0, 0.1) is 13.8 Å². The van der Waals surface area contributed by atoms with Crippen molar-refractivity contribution in [1.82, 2.24) is 9.55 Å². The Hall–Kier alpha value is -3.03. The number of hydrogen-bond donors (Lipinski definition) is 1. The third-order valence-electron chi connectivity index (χ3n) is 4.78. The summed E-state index contributed by atoms with van der Waals surface area (Å²) in [6.07, 6.45) is 1.55. The molecular formula is C23H20ClN3O3S. The van der Waals surface area contributed by atoms with E-state index < -0.39 is 0 Å². The van der Waals surface area contributed by atoms with Crippen molar-refractivity contribution in [3.8, 4) is 0 Å². The highest BCUT2D eigenvalue weighted by molar-refractivity contribution is 7.99. The number of halogens is 1. The quantitative estimate of drug-likeness (QED) is 0.327. The third kappa shape index (κ3) is 4.84. The van der Waals surface area contributed by atoms with E-state index in [0.717, 1.165) is 16.8 Å². The summed E-state index contributed by atoms with van der Waals surface area (Å²) < 4.78 is 6.93. The molecule has 31 heavy (non-hydrogen) atoms. The van der Waals surface area contributed by atoms with Gasteiger partial charge in [0.1, 0.15) is 5.76 Å². The zero-order chi connectivity index (χ0) is 22.0. The highest BCUT2D eigenvalue weighted by Gasteiger charge is 2.15. The number of benzene rings is 2. The summed E-state index contributed by atoms with van der Waals surface area (Å²) in [4.78, 5) is 30.3. The van der Waals surface area contributed by atoms with Gasteiger partial charge in [0.05, 0.1) is 29.5 Å². The number of thioether (sulfide) groups is 1. The first-order chi connectivity index (χ1) is 14.9. The van der Waals surface area contributed by atoms with Crippen molar-refractivity contribution in [2.45, 2.75) is 25.5 Å². The van der Waals surface area contributed by atoms with Crippen molar-refractivity contribution < 1.29 is 9.21 Å². The van der Waals surface area contributed by atoms with Crippen LogP contribution in [0.15, 0.2) is 69.2 Å². The van der Waals surface area contributed by atoms with Gasteiger partial charge in [0.25, 0.3) is 5.56 Å². The standard InChI is InChI=1S/C23H20ClN3O3S/c1-14-5-6-15(2)19(10-14)25-21(28)13-31-23-26-20-11-16(24)7-8-18(20)22(29)27(23)12-17-4-3-9-30-17/h3-11H,12-13H2,1-2H3,(H,25,28). The molecular weight excluding hydrogens is 434 g/mol. The topological polar surface area (TPSA) is 77.1 Å². The molecule has 0 radical (unpaired) electrons. The van der Waals surface area contributed by atoms with E-state index in [4.69, 9.17) is 16.0 Å². The third-order valence-corrected chi connectivity index (χ3v) is 5.99. The van der Waals surface area contributed by atoms with Crippen molar-refractivity contribution in [3.63, 3.8) is 0 Å². The molecule has 1 amide bonds. The number of anilines is 1. The molecule has 0 saturated heterocycles. The first-order valence-electron chi connectivity index (χ1n) is 9.63. The number of fused-ring (bicyclic) bond motifs is 1. The Bertz CT molecular complexity index is 1320. The van der Waals surface area contributed by atoms with Crippen LogP contribution in [0.2, 0.25) is 5.02 Å². The minimum atomic E-state index is -0.212. The van der Waals surface area contributed by atoms with Crippen molar-refractivity contribution >= 4 is 45.9 Å². The number of aryl methyl sites for hydroxylation is 2. The van der Waals surface area contributed by atoms with E-state index in [1.165, 1.54) is 16.3 Å². The molecule has 0 aliphatic carbocycles. The molecule has 4 aromatic rings. The molecule has 158 valence electrons. The number of carbonyl (C=O) groups is 1. The Morgan fingerprint density at radius 2 is 2.03 bits per heavy atom. The molecule has 2 aromatic carbocycles. The summed E-state index contributed by atoms with van der Waals surface area (Å²) in [6, 6.07) is 14.4. The predicted octanol–water partition coefficient (Wildman–Crippen LogP) is 5.04. The smallest absolute Gasteiger partial charge is 0.262 e. The van der Waals surface area contributed by atoms with Crippen molar-refractivity contribution in [1.29, 1.82) is 0 Å². The van der Waals surface area contributed by atoms with Gasteiger partial charge >= 0.3 is 0 Å². The van der Waals surface area contributed by atoms with Gasteiger partial charge in [0.15, 0.2) is 5.16 Å². The summed E-state index contributed by atoms with van der Waals surface area (Å²) in [5, 5.41) is 4.31. The summed E-state index contributed by atoms with van der Waals surface area (Å²) in [5.74, 6) is 0.548. The zero-order valence-corrected chi connectivity index (χ0v) is 18.6. The number of hydrogen-bond acceptors (Lipinski definition) is 5. The Labute approximate surface area is 188 Å². The van der Waals surface area contributed by atoms with Crippen LogP contribution in [0.5, 0.6) is 0 Å². The van der Waals surface area contributed by atoms with Gasteiger partial charge in [0, 0.05) is 10.7 Å². The summed E-state index contributed by atoms with van der Waals surface area (Å²) in [6.45, 7) is 4.14. The fourth-order valence-corrected chi connectivity index (χ4v) is 4.13. The molecule has 0 saturated carbocycles. The average molecular weight is 454 g/mol. The van der Waals surface area contributed by atoms with Gasteiger partial charge in [-0.25, -0.2) is 4.98 Å². The van der Waals surface area contributed by atoms with Crippen molar-refractivity contribution in [3.05, 3.63) is 87.1 Å². The monoisotopic (exact) mass is 453 g/mol. The van der Waals surface area contributed by atoms with E-state index in [2.05, 4.69) is 10.3 Å². The van der Waals surface area contributed by atoms with Crippen LogP contribution in [0.3, 0.4) is 0 Å². The van der Waals surface area contributed by atoms with Crippen LogP contribution in [0.25, 0.3) is 10.9 Å². The highest BCUT2D eigenvalue weighted by Crippen LogP contribution is 2.22. The van der Waals surface area contributed by atoms with E-state index >= 15 is 0 Å². The van der Waals surface area contributed by atoms with Gasteiger partial charge in [-0.3, -0.25) is 14.2 Å². The maximum absolute atomic E-state index is 13.1. The molecule has 0 bridgehead atoms. The van der Waals surface area contributed by atoms with Crippen molar-refractivity contribution in [2.24, 2.45) is 0 Å². The van der Waals surface area contributed by atoms with Crippen molar-refractivity contribution in [2.75, 3.05) is 11.1 Å². The molecule has 0 spiro atoms. The molecule has 6 nitrogen and oxygen atoms in total. The van der Waals surface area contributed by atoms with E-state index in [-0.39, 0.29) is 23.8 Å². The summed E-state index contributed by atoms with van der Waals surface area (Å²) in [7, 11) is 0. The molecule has 0 unspecified atom stereocenters. The van der Waals surface area contributed by atoms with E-state index in [1.807, 2.05) is 32.0 Å². The lowest BCUT2D eigenvalue weighted by Crippen LogP contribution is -2.24. The fourth-order valence-electron chi connectivity index (χ4n) is 3.17. The summed E-state index contributed by atoms with van der Waals surface area (Å²) >= 11 is 7.29. The van der Waals surface area contributed by atoms with Gasteiger partial charge in [0.2, 0.25) is 5.91 Å². The van der Waals surface area contributed by atoms with Gasteiger partial charge in [-0.05, 0) is 61.4 Å². The zero-order valence-electron chi connectivity index (χ0n) is 17.0. The molecule has 0 aliphatic heterocycles. The molecule has 0 fully saturated rings. The molecule has 8 heteroatoms. The Balaban J connectivity index is 1.62. The van der Waals surface area contributed by atoms with E-state index in [9.17, 15) is 9.59 Å². The Morgan fingerprint density at radius 3 is 2.81 bits per heavy atom. The van der Waals surface area contributed by atoms with Crippen LogP contribution in [0.4, 0.5) is 5.69 Å². The lowest BCUT2D eigenvalue weighted by molar-refractivity contribution is -0.113. The second kappa shape index (κ2) is 8.99. The van der Waals surface area contributed by atoms with Crippen LogP contribution < -0.4 is 10.9 Å². The second-order valence-electron chi connectivity index (χ2n) is 7.18. The number of furan rings is 1. The molecule has 2 heterocycles. The number of aromatic nitrogens is 2. The first kappa shape index (κ1) is 21.2. The van der Waals surface area contributed by atoms with Gasteiger partial charge < -0.3 is 9.73 Å². The lowest BCUT2D eigenvalue weighted by atomic mass is 10.1. The van der Waals surface area contributed by atoms with Crippen LogP contribution in [-0.2, 0) is 11.3 Å². The number of nitrogens with one attached hydrogen (secondary N) is 1. The Morgan fingerprint density at radius 1 is 1.19 bits per heavy atom. The van der Waals surface area contributed by atoms with Gasteiger partial charge in [-0.2, -0.15) is 0 Å². The molecule has 4 rings (SSSR count). The number of carbonyl (C=O) groups excluding carboxylic acids is 1. The Kier molecular flexibility index (Phi) is 6.15. The molecule has 0 atom stereocenters. The second-order valence-corrected chi connectivity index (χ2v) is 8.56. The minimum Gasteiger partial charge on any atom is -0.467 e. The number of rotatable bonds is 6. The minimum absolute atomic E-state index is 0.101. The number of nitrogens with zero attached hydrogens (tertiary/aromatic N) is 2. The van der Waals surface area contributed by atoms with Crippen LogP contribution in [0.1, 0.15) is 16.9 Å². The fraction of sp³-hybridized carbons (Fsp3) is 0.174. The first-order valence-corrected chi connectivity index (χ1v) is 11.0. The maximum Gasteiger partial charge on any atom is 0.262 e. The van der Waals surface area contributed by atoms with E-state index in [1.54, 1.807) is 36.6 Å². The van der Waals surface area contributed by atoms with Crippen LogP contribution >= 0.6 is 23.4 Å². The lowest BCUT2D eigenvalue weighted by Gasteiger charge is -2.13. The highest BCUT2D eigenvalue weighted by atomic mass is 35.5. The maximum atomic E-state index is 13.1. The predicted molar refractivity (Wildman–Crippen MR) is 124 cm³/mol.